The summed E-state index contributed by atoms with van der Waals surface area (Å²) in [5.74, 6) is 13.2. The molecule has 138 valence electrons. The van der Waals surface area contributed by atoms with E-state index in [0.717, 1.165) is 36.3 Å². The Morgan fingerprint density at radius 3 is 1.89 bits per heavy atom. The van der Waals surface area contributed by atoms with Crippen LogP contribution in [0.1, 0.15) is 56.2 Å². The van der Waals surface area contributed by atoms with Crippen LogP contribution in [0.5, 0.6) is 5.75 Å². The van der Waals surface area contributed by atoms with E-state index in [1.165, 1.54) is 24.8 Å². The summed E-state index contributed by atoms with van der Waals surface area (Å²) in [5.41, 5.74) is 3.36. The minimum atomic E-state index is 0.779. The summed E-state index contributed by atoms with van der Waals surface area (Å²) >= 11 is 0. The number of hydrogen-bond acceptors (Lipinski definition) is 1. The van der Waals surface area contributed by atoms with Gasteiger partial charge < -0.3 is 4.74 Å². The molecular weight excluding hydrogens is 328 g/mol. The molecule has 0 aliphatic rings. The molecule has 0 atom stereocenters. The topological polar surface area (TPSA) is 9.23 Å². The maximum atomic E-state index is 5.70. The van der Waals surface area contributed by atoms with Crippen LogP contribution in [-0.2, 0) is 6.42 Å². The highest BCUT2D eigenvalue weighted by Gasteiger charge is 1.93. The molecule has 0 aliphatic heterocycles. The van der Waals surface area contributed by atoms with Gasteiger partial charge in [-0.25, -0.2) is 0 Å². The van der Waals surface area contributed by atoms with Crippen molar-refractivity contribution >= 4 is 0 Å². The Labute approximate surface area is 164 Å². The van der Waals surface area contributed by atoms with Crippen molar-refractivity contribution in [1.29, 1.82) is 0 Å². The normalized spacial score (nSPS) is 10.0. The van der Waals surface area contributed by atoms with E-state index in [0.29, 0.717) is 0 Å². The van der Waals surface area contributed by atoms with Crippen LogP contribution in [0.4, 0.5) is 0 Å². The first kappa shape index (κ1) is 20.4. The molecule has 0 radical (unpaired) electrons. The van der Waals surface area contributed by atoms with Gasteiger partial charge in [-0.3, -0.25) is 0 Å². The monoisotopic (exact) mass is 356 g/mol. The lowest BCUT2D eigenvalue weighted by molar-refractivity contribution is 0.306. The minimum Gasteiger partial charge on any atom is -0.494 e. The van der Waals surface area contributed by atoms with E-state index >= 15 is 0 Å². The lowest BCUT2D eigenvalue weighted by Gasteiger charge is -2.05. The van der Waals surface area contributed by atoms with Gasteiger partial charge in [-0.15, -0.1) is 0 Å². The van der Waals surface area contributed by atoms with Crippen molar-refractivity contribution in [3.63, 3.8) is 0 Å². The van der Waals surface area contributed by atoms with Gasteiger partial charge in [0, 0.05) is 11.1 Å². The summed E-state index contributed by atoms with van der Waals surface area (Å²) in [4.78, 5) is 0. The quantitative estimate of drug-likeness (QED) is 0.426. The summed E-state index contributed by atoms with van der Waals surface area (Å²) in [6, 6.07) is 16.4. The fourth-order valence-electron chi connectivity index (χ4n) is 2.55. The van der Waals surface area contributed by atoms with Crippen LogP contribution < -0.4 is 4.74 Å². The highest BCUT2D eigenvalue weighted by atomic mass is 16.5. The van der Waals surface area contributed by atoms with E-state index in [-0.39, 0.29) is 0 Å². The molecule has 0 saturated heterocycles. The van der Waals surface area contributed by atoms with Crippen molar-refractivity contribution in [1.82, 2.24) is 0 Å². The maximum Gasteiger partial charge on any atom is 0.119 e. The van der Waals surface area contributed by atoms with Gasteiger partial charge in [0.25, 0.3) is 0 Å². The van der Waals surface area contributed by atoms with Crippen molar-refractivity contribution in [3.05, 3.63) is 77.4 Å². The molecule has 27 heavy (non-hydrogen) atoms. The minimum absolute atomic E-state index is 0.779. The molecule has 2 aromatic carbocycles. The molecule has 0 fully saturated rings. The third-order valence-corrected chi connectivity index (χ3v) is 4.05. The Bertz CT molecular complexity index is 818. The summed E-state index contributed by atoms with van der Waals surface area (Å²) in [6.45, 7) is 5.16. The fourth-order valence-corrected chi connectivity index (χ4v) is 2.55. The third kappa shape index (κ3) is 8.35. The number of allylic oxidation sites excluding steroid dienone is 2. The molecule has 0 heterocycles. The zero-order valence-electron chi connectivity index (χ0n) is 16.4. The largest absolute Gasteiger partial charge is 0.494 e. The molecule has 0 N–H and O–H groups in total. The van der Waals surface area contributed by atoms with Gasteiger partial charge in [0.05, 0.1) is 6.61 Å². The average Bonchev–Trinajstić information content (AvgIpc) is 2.70. The van der Waals surface area contributed by atoms with E-state index in [1.807, 2.05) is 24.3 Å². The highest BCUT2D eigenvalue weighted by molar-refractivity contribution is 5.42. The molecule has 2 aromatic rings. The van der Waals surface area contributed by atoms with Gasteiger partial charge in [0.2, 0.25) is 0 Å². The van der Waals surface area contributed by atoms with Crippen LogP contribution in [-0.4, -0.2) is 6.61 Å². The van der Waals surface area contributed by atoms with Crippen LogP contribution in [0.3, 0.4) is 0 Å². The Hall–Kier alpha value is -2.90. The fraction of sp³-hybridized carbons (Fsp3) is 0.308. The third-order valence-electron chi connectivity index (χ3n) is 4.05. The second-order valence-electron chi connectivity index (χ2n) is 6.40. The van der Waals surface area contributed by atoms with E-state index in [2.05, 4.69) is 61.8 Å². The molecule has 1 heteroatoms. The maximum absolute atomic E-state index is 5.70. The smallest absolute Gasteiger partial charge is 0.119 e. The number of aryl methyl sites for hydroxylation is 1. The van der Waals surface area contributed by atoms with E-state index < -0.39 is 0 Å². The lowest BCUT2D eigenvalue weighted by atomic mass is 10.1. The Kier molecular flexibility index (Phi) is 9.41. The molecule has 2 rings (SSSR count). The van der Waals surface area contributed by atoms with E-state index in [4.69, 9.17) is 4.74 Å². The number of benzene rings is 2. The molecule has 0 unspecified atom stereocenters. The van der Waals surface area contributed by atoms with E-state index in [9.17, 15) is 0 Å². The van der Waals surface area contributed by atoms with Crippen molar-refractivity contribution in [2.45, 2.75) is 46.0 Å². The molecule has 0 amide bonds. The number of unbranched alkanes of at least 4 members (excludes halogenated alkanes) is 2. The summed E-state index contributed by atoms with van der Waals surface area (Å²) in [6.07, 6.45) is 9.39. The van der Waals surface area contributed by atoms with Crippen molar-refractivity contribution in [3.8, 4) is 29.4 Å². The van der Waals surface area contributed by atoms with Crippen molar-refractivity contribution in [2.75, 3.05) is 6.61 Å². The van der Waals surface area contributed by atoms with Crippen LogP contribution in [0.15, 0.2) is 60.7 Å². The van der Waals surface area contributed by atoms with Gasteiger partial charge in [-0.1, -0.05) is 68.9 Å². The van der Waals surface area contributed by atoms with Gasteiger partial charge in [0.1, 0.15) is 5.75 Å². The first-order chi connectivity index (χ1) is 13.3. The predicted molar refractivity (Wildman–Crippen MR) is 115 cm³/mol. The molecule has 0 saturated carbocycles. The van der Waals surface area contributed by atoms with E-state index in [1.54, 1.807) is 12.2 Å². The molecule has 0 spiro atoms. The van der Waals surface area contributed by atoms with Crippen LogP contribution in [0.2, 0.25) is 0 Å². The second kappa shape index (κ2) is 12.5. The SMILES string of the molecule is CCCCCOc1ccc(C#CC=CC#Cc2ccc(CCC)cc2)cc1. The first-order valence-electron chi connectivity index (χ1n) is 9.81. The van der Waals surface area contributed by atoms with Crippen molar-refractivity contribution < 1.29 is 4.74 Å². The van der Waals surface area contributed by atoms with Gasteiger partial charge in [0.15, 0.2) is 0 Å². The first-order valence-corrected chi connectivity index (χ1v) is 9.81. The molecule has 0 bridgehead atoms. The van der Waals surface area contributed by atoms with Gasteiger partial charge in [-0.2, -0.15) is 0 Å². The van der Waals surface area contributed by atoms with Gasteiger partial charge in [-0.05, 0) is 67.0 Å². The molecule has 0 aromatic heterocycles. The zero-order chi connectivity index (χ0) is 19.2. The predicted octanol–water partition coefficient (Wildman–Crippen LogP) is 6.17. The summed E-state index contributed by atoms with van der Waals surface area (Å²) < 4.78 is 5.70. The zero-order valence-corrected chi connectivity index (χ0v) is 16.4. The Morgan fingerprint density at radius 1 is 0.741 bits per heavy atom. The number of hydrogen-bond donors (Lipinski definition) is 0. The molecule has 1 nitrogen and oxygen atoms in total. The summed E-state index contributed by atoms with van der Waals surface area (Å²) in [7, 11) is 0. The Morgan fingerprint density at radius 2 is 1.33 bits per heavy atom. The van der Waals surface area contributed by atoms with Crippen molar-refractivity contribution in [2.24, 2.45) is 0 Å². The molecule has 0 aliphatic carbocycles. The lowest BCUT2D eigenvalue weighted by Crippen LogP contribution is -1.96. The highest BCUT2D eigenvalue weighted by Crippen LogP contribution is 2.12. The average molecular weight is 357 g/mol. The van der Waals surface area contributed by atoms with Crippen LogP contribution in [0.25, 0.3) is 0 Å². The molecular formula is C26H28O. The second-order valence-corrected chi connectivity index (χ2v) is 6.40. The Balaban J connectivity index is 1.80. The van der Waals surface area contributed by atoms with Crippen LogP contribution >= 0.6 is 0 Å². The van der Waals surface area contributed by atoms with Crippen LogP contribution in [0, 0.1) is 23.7 Å². The van der Waals surface area contributed by atoms with Gasteiger partial charge >= 0.3 is 0 Å². The standard InChI is InChI=1S/C26H28O/c1-3-5-10-22-27-26-20-18-25(19-21-26)13-9-7-6-8-12-24-16-14-23(11-4-2)15-17-24/h6-7,14-21H,3-5,10-11,22H2,1-2H3. The number of rotatable bonds is 7. The summed E-state index contributed by atoms with van der Waals surface area (Å²) in [5, 5.41) is 0. The number of ether oxygens (including phenoxy) is 1.